The molecule has 0 saturated heterocycles. The molecule has 0 spiro atoms. The number of benzene rings is 3. The number of carbonyl (C=O) groups is 1. The Morgan fingerprint density at radius 3 is 2.61 bits per heavy atom. The fraction of sp³-hybridized carbons (Fsp3) is 0.160. The van der Waals surface area contributed by atoms with E-state index < -0.39 is 0 Å². The molecule has 1 N–H and O–H groups in total. The summed E-state index contributed by atoms with van der Waals surface area (Å²) in [5.74, 6) is 0.808. The van der Waals surface area contributed by atoms with Crippen LogP contribution in [0.2, 0.25) is 0 Å². The second-order valence-corrected chi connectivity index (χ2v) is 8.46. The summed E-state index contributed by atoms with van der Waals surface area (Å²) in [4.78, 5) is 14.1. The summed E-state index contributed by atoms with van der Waals surface area (Å²) in [5, 5.41) is 12.6. The highest BCUT2D eigenvalue weighted by Gasteiger charge is 2.31. The quantitative estimate of drug-likeness (QED) is 0.550. The lowest BCUT2D eigenvalue weighted by molar-refractivity contribution is -0.907. The molecule has 0 saturated carbocycles. The Balaban J connectivity index is 1.63. The summed E-state index contributed by atoms with van der Waals surface area (Å²) in [6, 6.07) is 18.6. The van der Waals surface area contributed by atoms with Crippen LogP contribution in [0.5, 0.6) is 17.2 Å². The van der Waals surface area contributed by atoms with E-state index in [2.05, 4.69) is 28.1 Å². The van der Waals surface area contributed by atoms with E-state index in [0.29, 0.717) is 34.7 Å². The van der Waals surface area contributed by atoms with E-state index in [-0.39, 0.29) is 17.3 Å². The fourth-order valence-electron chi connectivity index (χ4n) is 3.72. The predicted molar refractivity (Wildman–Crippen MR) is 120 cm³/mol. The molecule has 31 heavy (non-hydrogen) atoms. The monoisotopic (exact) mass is 479 g/mol. The maximum atomic E-state index is 13.0. The number of ether oxygens (including phenoxy) is 2. The molecule has 0 aromatic heterocycles. The first-order valence-corrected chi connectivity index (χ1v) is 10.7. The number of allylic oxidation sites excluding steroid dienone is 1. The topological polar surface area (TPSA) is 63.0 Å². The number of hydrogen-bond acceptors (Lipinski definition) is 4. The molecule has 4 rings (SSSR count). The zero-order chi connectivity index (χ0) is 22.0. The van der Waals surface area contributed by atoms with Gasteiger partial charge in [-0.25, -0.2) is 0 Å². The normalized spacial score (nSPS) is 14.9. The van der Waals surface area contributed by atoms with Crippen molar-refractivity contribution >= 4 is 27.8 Å². The van der Waals surface area contributed by atoms with Crippen molar-refractivity contribution in [2.45, 2.75) is 13.1 Å². The largest absolute Gasteiger partial charge is 0.872 e. The number of fused-ring (bicyclic) bond motifs is 1. The molecule has 158 valence electrons. The zero-order valence-corrected chi connectivity index (χ0v) is 18.9. The summed E-state index contributed by atoms with van der Waals surface area (Å²) in [5.41, 5.74) is 2.83. The lowest BCUT2D eigenvalue weighted by Crippen LogP contribution is -3.06. The molecule has 0 bridgehead atoms. The van der Waals surface area contributed by atoms with E-state index in [9.17, 15) is 9.90 Å². The van der Waals surface area contributed by atoms with E-state index >= 15 is 0 Å². The standard InChI is InChI=1S/C25H22BrNO4/c1-27(14-16-6-4-3-5-7-16)15-20-21(28)10-9-19-24(29)23(31-25(19)20)13-17-12-18(26)8-11-22(17)30-2/h3-13,28H,14-15H2,1-2H3. The molecule has 5 nitrogen and oxygen atoms in total. The molecule has 1 aliphatic heterocycles. The molecule has 0 aliphatic carbocycles. The van der Waals surface area contributed by atoms with E-state index in [1.54, 1.807) is 19.3 Å². The summed E-state index contributed by atoms with van der Waals surface area (Å²) in [6.45, 7) is 1.22. The van der Waals surface area contributed by atoms with Gasteiger partial charge in [0, 0.05) is 21.2 Å². The van der Waals surface area contributed by atoms with Gasteiger partial charge >= 0.3 is 0 Å². The van der Waals surface area contributed by atoms with Gasteiger partial charge < -0.3 is 19.5 Å². The first-order chi connectivity index (χ1) is 15.0. The lowest BCUT2D eigenvalue weighted by atomic mass is 10.0. The van der Waals surface area contributed by atoms with Gasteiger partial charge in [-0.2, -0.15) is 0 Å². The van der Waals surface area contributed by atoms with Crippen LogP contribution in [0.3, 0.4) is 0 Å². The van der Waals surface area contributed by atoms with Gasteiger partial charge in [-0.3, -0.25) is 4.79 Å². The lowest BCUT2D eigenvalue weighted by Gasteiger charge is -2.20. The first kappa shape index (κ1) is 21.2. The average Bonchev–Trinajstić information content (AvgIpc) is 3.07. The Kier molecular flexibility index (Phi) is 6.11. The summed E-state index contributed by atoms with van der Waals surface area (Å²) >= 11 is 3.44. The van der Waals surface area contributed by atoms with Crippen LogP contribution in [0.15, 0.2) is 70.9 Å². The van der Waals surface area contributed by atoms with Crippen molar-refractivity contribution in [3.8, 4) is 17.2 Å². The molecular formula is C25H22BrNO4. The fourth-order valence-corrected chi connectivity index (χ4v) is 4.10. The Labute approximate surface area is 189 Å². The molecule has 0 radical (unpaired) electrons. The van der Waals surface area contributed by atoms with Gasteiger partial charge in [0.05, 0.1) is 19.7 Å². The molecule has 0 amide bonds. The van der Waals surface area contributed by atoms with Gasteiger partial charge in [0.2, 0.25) is 5.78 Å². The number of ketones is 1. The number of carbonyl (C=O) groups excluding carboxylic acids is 1. The molecule has 1 unspecified atom stereocenters. The molecular weight excluding hydrogens is 458 g/mol. The zero-order valence-electron chi connectivity index (χ0n) is 17.3. The number of methoxy groups -OCH3 is 1. The molecule has 3 aromatic carbocycles. The predicted octanol–water partition coefficient (Wildman–Crippen LogP) is 3.36. The molecule has 6 heteroatoms. The summed E-state index contributed by atoms with van der Waals surface area (Å²) < 4.78 is 12.2. The molecule has 1 heterocycles. The first-order valence-electron chi connectivity index (χ1n) is 9.92. The maximum Gasteiger partial charge on any atom is 0.231 e. The van der Waals surface area contributed by atoms with E-state index in [1.807, 2.05) is 43.4 Å². The number of quaternary nitrogens is 1. The van der Waals surface area contributed by atoms with Gasteiger partial charge in [0.15, 0.2) is 5.76 Å². The Hall–Kier alpha value is -3.09. The van der Waals surface area contributed by atoms with Crippen LogP contribution < -0.4 is 19.5 Å². The van der Waals surface area contributed by atoms with Crippen LogP contribution in [0.25, 0.3) is 6.08 Å². The number of halogens is 1. The van der Waals surface area contributed by atoms with E-state index in [4.69, 9.17) is 9.47 Å². The van der Waals surface area contributed by atoms with E-state index in [0.717, 1.165) is 15.9 Å². The summed E-state index contributed by atoms with van der Waals surface area (Å²) in [7, 11) is 3.59. The highest BCUT2D eigenvalue weighted by Crippen LogP contribution is 2.39. The van der Waals surface area contributed by atoms with Crippen LogP contribution >= 0.6 is 15.9 Å². The van der Waals surface area contributed by atoms with Crippen molar-refractivity contribution in [3.05, 3.63) is 93.1 Å². The number of Topliss-reactive ketones (excluding diaryl/α,β-unsaturated/α-hetero) is 1. The highest BCUT2D eigenvalue weighted by molar-refractivity contribution is 9.10. The molecule has 0 fully saturated rings. The molecule has 3 aromatic rings. The van der Waals surface area contributed by atoms with Crippen molar-refractivity contribution in [1.29, 1.82) is 0 Å². The minimum absolute atomic E-state index is 0.125. The van der Waals surface area contributed by atoms with Crippen LogP contribution in [0.4, 0.5) is 0 Å². The van der Waals surface area contributed by atoms with Gasteiger partial charge in [-0.15, -0.1) is 0 Å². The SMILES string of the molecule is COc1ccc(Br)cc1C=C1Oc2c(ccc([O-])c2C[NH+](C)Cc2ccccc2)C1=O. The van der Waals surface area contributed by atoms with E-state index in [1.165, 1.54) is 11.6 Å². The molecule has 1 atom stereocenters. The Bertz CT molecular complexity index is 1160. The van der Waals surface area contributed by atoms with Crippen LogP contribution in [0, 0.1) is 0 Å². The van der Waals surface area contributed by atoms with Crippen molar-refractivity contribution in [3.63, 3.8) is 0 Å². The van der Waals surface area contributed by atoms with Crippen molar-refractivity contribution < 1.29 is 24.3 Å². The van der Waals surface area contributed by atoms with Crippen LogP contribution in [-0.4, -0.2) is 19.9 Å². The number of hydrogen-bond donors (Lipinski definition) is 1. The third-order valence-corrected chi connectivity index (χ3v) is 5.70. The highest BCUT2D eigenvalue weighted by atomic mass is 79.9. The second-order valence-electron chi connectivity index (χ2n) is 7.54. The van der Waals surface area contributed by atoms with Crippen LogP contribution in [-0.2, 0) is 13.1 Å². The van der Waals surface area contributed by atoms with Crippen LogP contribution in [0.1, 0.15) is 27.0 Å². The van der Waals surface area contributed by atoms with Crippen molar-refractivity contribution in [2.75, 3.05) is 14.2 Å². The average molecular weight is 480 g/mol. The van der Waals surface area contributed by atoms with Gasteiger partial charge in [-0.1, -0.05) is 58.1 Å². The minimum Gasteiger partial charge on any atom is -0.872 e. The van der Waals surface area contributed by atoms with Crippen molar-refractivity contribution in [2.24, 2.45) is 0 Å². The van der Waals surface area contributed by atoms with Gasteiger partial charge in [0.25, 0.3) is 0 Å². The minimum atomic E-state index is -0.237. The van der Waals surface area contributed by atoms with Gasteiger partial charge in [0.1, 0.15) is 24.6 Å². The second kappa shape index (κ2) is 8.96. The Morgan fingerprint density at radius 2 is 1.87 bits per heavy atom. The van der Waals surface area contributed by atoms with Gasteiger partial charge in [-0.05, 0) is 30.3 Å². The Morgan fingerprint density at radius 1 is 1.10 bits per heavy atom. The number of rotatable bonds is 6. The summed E-state index contributed by atoms with van der Waals surface area (Å²) in [6.07, 6.45) is 1.65. The molecule has 1 aliphatic rings. The van der Waals surface area contributed by atoms with Crippen molar-refractivity contribution in [1.82, 2.24) is 0 Å². The maximum absolute atomic E-state index is 13.0. The third kappa shape index (κ3) is 4.50. The smallest absolute Gasteiger partial charge is 0.231 e. The number of nitrogens with one attached hydrogen (secondary N) is 1. The third-order valence-electron chi connectivity index (χ3n) is 5.20.